The molecule has 0 unspecified atom stereocenters. The van der Waals surface area contributed by atoms with E-state index in [-0.39, 0.29) is 24.5 Å². The molecule has 0 saturated heterocycles. The Morgan fingerprint density at radius 1 is 1.00 bits per heavy atom. The first kappa shape index (κ1) is 17.9. The van der Waals surface area contributed by atoms with Gasteiger partial charge in [0.05, 0.1) is 6.54 Å². The maximum atomic E-state index is 12.1. The zero-order chi connectivity index (χ0) is 18.4. The van der Waals surface area contributed by atoms with Crippen molar-refractivity contribution < 1.29 is 9.59 Å². The van der Waals surface area contributed by atoms with Crippen LogP contribution >= 0.6 is 11.6 Å². The Hall–Kier alpha value is -2.92. The van der Waals surface area contributed by atoms with Gasteiger partial charge in [0.1, 0.15) is 0 Å². The lowest BCUT2D eigenvalue weighted by Gasteiger charge is -2.07. The number of ketones is 1. The Morgan fingerprint density at radius 3 is 2.38 bits per heavy atom. The molecule has 0 aliphatic heterocycles. The van der Waals surface area contributed by atoms with Crippen molar-refractivity contribution in [2.75, 3.05) is 5.32 Å². The van der Waals surface area contributed by atoms with Crippen LogP contribution in [0.15, 0.2) is 67.0 Å². The molecule has 1 amide bonds. The highest BCUT2D eigenvalue weighted by molar-refractivity contribution is 6.30. The molecule has 0 aliphatic rings. The number of carbonyl (C=O) groups excluding carboxylic acids is 2. The van der Waals surface area contributed by atoms with Gasteiger partial charge in [-0.15, -0.1) is 0 Å². The van der Waals surface area contributed by atoms with Crippen LogP contribution in [0.1, 0.15) is 28.8 Å². The van der Waals surface area contributed by atoms with Gasteiger partial charge in [0.25, 0.3) is 0 Å². The summed E-state index contributed by atoms with van der Waals surface area (Å²) in [7, 11) is 0. The number of aromatic nitrogens is 2. The first-order valence-electron chi connectivity index (χ1n) is 8.25. The van der Waals surface area contributed by atoms with Crippen LogP contribution in [-0.2, 0) is 11.3 Å². The largest absolute Gasteiger partial charge is 0.326 e. The lowest BCUT2D eigenvalue weighted by atomic mass is 10.1. The van der Waals surface area contributed by atoms with Crippen LogP contribution in [0, 0.1) is 0 Å². The van der Waals surface area contributed by atoms with Gasteiger partial charge < -0.3 is 5.32 Å². The van der Waals surface area contributed by atoms with Crippen LogP contribution in [0.2, 0.25) is 5.02 Å². The minimum absolute atomic E-state index is 0.0774. The van der Waals surface area contributed by atoms with Crippen LogP contribution < -0.4 is 5.32 Å². The minimum atomic E-state index is -0.188. The second-order valence-corrected chi connectivity index (χ2v) is 6.32. The van der Waals surface area contributed by atoms with Crippen LogP contribution in [0.25, 0.3) is 0 Å². The summed E-state index contributed by atoms with van der Waals surface area (Å²) in [6.45, 7) is 0.677. The number of Topliss-reactive ketones (excluding diaryl/α,β-unsaturated/α-hetero) is 1. The molecule has 0 atom stereocenters. The molecule has 0 fully saturated rings. The van der Waals surface area contributed by atoms with Crippen molar-refractivity contribution >= 4 is 29.0 Å². The number of hydrogen-bond donors (Lipinski definition) is 1. The number of amides is 1. The molecule has 2 aromatic carbocycles. The number of carbonyl (C=O) groups is 2. The monoisotopic (exact) mass is 367 g/mol. The first-order valence-corrected chi connectivity index (χ1v) is 8.63. The third-order valence-corrected chi connectivity index (χ3v) is 4.14. The highest BCUT2D eigenvalue weighted by Crippen LogP contribution is 2.14. The molecule has 0 saturated carbocycles. The smallest absolute Gasteiger partial charge is 0.224 e. The second kappa shape index (κ2) is 8.45. The van der Waals surface area contributed by atoms with Crippen molar-refractivity contribution in [3.63, 3.8) is 0 Å². The predicted octanol–water partition coefficient (Wildman–Crippen LogP) is 4.19. The maximum absolute atomic E-state index is 12.1. The highest BCUT2D eigenvalue weighted by Gasteiger charge is 2.09. The lowest BCUT2D eigenvalue weighted by Crippen LogP contribution is -2.13. The molecule has 0 spiro atoms. The van der Waals surface area contributed by atoms with Crippen LogP contribution in [0.3, 0.4) is 0 Å². The molecular weight excluding hydrogens is 350 g/mol. The summed E-state index contributed by atoms with van der Waals surface area (Å²) in [6.07, 6.45) is 3.93. The Balaban J connectivity index is 1.48. The van der Waals surface area contributed by atoms with Crippen LogP contribution in [0.4, 0.5) is 5.69 Å². The van der Waals surface area contributed by atoms with E-state index in [1.807, 2.05) is 41.2 Å². The minimum Gasteiger partial charge on any atom is -0.326 e. The third-order valence-electron chi connectivity index (χ3n) is 3.89. The van der Waals surface area contributed by atoms with E-state index in [0.717, 1.165) is 5.56 Å². The molecule has 0 radical (unpaired) electrons. The fraction of sp³-hybridized carbons (Fsp3) is 0.150. The van der Waals surface area contributed by atoms with Gasteiger partial charge in [0.2, 0.25) is 5.91 Å². The normalized spacial score (nSPS) is 10.5. The number of rotatable bonds is 7. The SMILES string of the molecule is O=C(CCC(=O)c1ccc(Cl)cc1)Nc1ccc(Cn2cccn2)cc1. The van der Waals surface area contributed by atoms with E-state index in [2.05, 4.69) is 10.4 Å². The molecule has 3 rings (SSSR count). The molecule has 5 nitrogen and oxygen atoms in total. The zero-order valence-corrected chi connectivity index (χ0v) is 14.8. The Morgan fingerprint density at radius 2 is 1.73 bits per heavy atom. The molecule has 132 valence electrons. The summed E-state index contributed by atoms with van der Waals surface area (Å²) in [6, 6.07) is 16.1. The number of nitrogens with one attached hydrogen (secondary N) is 1. The number of anilines is 1. The van der Waals surface area contributed by atoms with Gasteiger partial charge in [-0.2, -0.15) is 5.10 Å². The van der Waals surface area contributed by atoms with Crippen molar-refractivity contribution in [3.8, 4) is 0 Å². The molecule has 26 heavy (non-hydrogen) atoms. The van der Waals surface area contributed by atoms with Gasteiger partial charge >= 0.3 is 0 Å². The van der Waals surface area contributed by atoms with Gasteiger partial charge in [-0.05, 0) is 48.0 Å². The predicted molar refractivity (Wildman–Crippen MR) is 101 cm³/mol. The molecule has 3 aromatic rings. The molecule has 1 aromatic heterocycles. The average Bonchev–Trinajstić information content (AvgIpc) is 3.15. The van der Waals surface area contributed by atoms with Crippen LogP contribution in [-0.4, -0.2) is 21.5 Å². The Bertz CT molecular complexity index is 872. The Labute approximate surface area is 156 Å². The second-order valence-electron chi connectivity index (χ2n) is 5.88. The highest BCUT2D eigenvalue weighted by atomic mass is 35.5. The number of nitrogens with zero attached hydrogens (tertiary/aromatic N) is 2. The Kier molecular flexibility index (Phi) is 5.81. The van der Waals surface area contributed by atoms with Crippen molar-refractivity contribution in [1.82, 2.24) is 9.78 Å². The lowest BCUT2D eigenvalue weighted by molar-refractivity contribution is -0.116. The van der Waals surface area contributed by atoms with Crippen molar-refractivity contribution in [1.29, 1.82) is 0 Å². The summed E-state index contributed by atoms with van der Waals surface area (Å²) in [4.78, 5) is 24.1. The van der Waals surface area contributed by atoms with Gasteiger partial charge in [0, 0.05) is 41.5 Å². The molecule has 6 heteroatoms. The van der Waals surface area contributed by atoms with Crippen molar-refractivity contribution in [3.05, 3.63) is 83.1 Å². The van der Waals surface area contributed by atoms with E-state index in [1.165, 1.54) is 0 Å². The van der Waals surface area contributed by atoms with Gasteiger partial charge in [-0.3, -0.25) is 14.3 Å². The quantitative estimate of drug-likeness (QED) is 0.637. The summed E-state index contributed by atoms with van der Waals surface area (Å²) in [5, 5.41) is 7.55. The van der Waals surface area contributed by atoms with Gasteiger partial charge in [-0.1, -0.05) is 23.7 Å². The summed E-state index contributed by atoms with van der Waals surface area (Å²) in [5.41, 5.74) is 2.35. The summed E-state index contributed by atoms with van der Waals surface area (Å²) in [5.74, 6) is -0.265. The molecule has 1 heterocycles. The fourth-order valence-electron chi connectivity index (χ4n) is 2.51. The van der Waals surface area contributed by atoms with Gasteiger partial charge in [-0.25, -0.2) is 0 Å². The van der Waals surface area contributed by atoms with E-state index in [4.69, 9.17) is 11.6 Å². The zero-order valence-electron chi connectivity index (χ0n) is 14.1. The van der Waals surface area contributed by atoms with E-state index in [9.17, 15) is 9.59 Å². The number of benzene rings is 2. The molecule has 0 bridgehead atoms. The molecule has 1 N–H and O–H groups in total. The topological polar surface area (TPSA) is 64.0 Å². The summed E-state index contributed by atoms with van der Waals surface area (Å²) < 4.78 is 1.83. The maximum Gasteiger partial charge on any atom is 0.224 e. The third kappa shape index (κ3) is 5.04. The fourth-order valence-corrected chi connectivity index (χ4v) is 2.63. The first-order chi connectivity index (χ1) is 12.6. The van der Waals surface area contributed by atoms with E-state index < -0.39 is 0 Å². The number of halogens is 1. The summed E-state index contributed by atoms with van der Waals surface area (Å²) >= 11 is 5.80. The van der Waals surface area contributed by atoms with Gasteiger partial charge in [0.15, 0.2) is 5.78 Å². The van der Waals surface area contributed by atoms with Crippen LogP contribution in [0.5, 0.6) is 0 Å². The molecular formula is C20H18ClN3O2. The standard InChI is InChI=1S/C20H18ClN3O2/c21-17-6-4-16(5-7-17)19(25)10-11-20(26)23-18-8-2-15(3-9-18)14-24-13-1-12-22-24/h1-9,12-13H,10-11,14H2,(H,23,26). The van der Waals surface area contributed by atoms with E-state index in [1.54, 1.807) is 30.5 Å². The average molecular weight is 368 g/mol. The number of hydrogen-bond acceptors (Lipinski definition) is 3. The van der Waals surface area contributed by atoms with E-state index in [0.29, 0.717) is 22.8 Å². The van der Waals surface area contributed by atoms with Crippen molar-refractivity contribution in [2.24, 2.45) is 0 Å². The van der Waals surface area contributed by atoms with E-state index >= 15 is 0 Å². The van der Waals surface area contributed by atoms with Crippen molar-refractivity contribution in [2.45, 2.75) is 19.4 Å². The molecule has 0 aliphatic carbocycles.